The van der Waals surface area contributed by atoms with Crippen molar-refractivity contribution in [2.45, 2.75) is 13.5 Å². The van der Waals surface area contributed by atoms with Gasteiger partial charge in [-0.1, -0.05) is 5.21 Å². The lowest BCUT2D eigenvalue weighted by atomic mass is 10.3. The highest BCUT2D eigenvalue weighted by Crippen LogP contribution is 2.17. The van der Waals surface area contributed by atoms with Gasteiger partial charge in [-0.15, -0.1) is 16.4 Å². The third kappa shape index (κ3) is 3.60. The molecule has 3 aromatic heterocycles. The molecule has 0 unspecified atom stereocenters. The molecular formula is C14H17N9O2S. The van der Waals surface area contributed by atoms with Crippen molar-refractivity contribution in [2.75, 3.05) is 19.8 Å². The normalized spacial score (nSPS) is 11.5. The van der Waals surface area contributed by atoms with Gasteiger partial charge in [0.1, 0.15) is 0 Å². The van der Waals surface area contributed by atoms with Crippen molar-refractivity contribution in [3.63, 3.8) is 0 Å². The van der Waals surface area contributed by atoms with Crippen LogP contribution in [0.25, 0.3) is 5.82 Å². The van der Waals surface area contributed by atoms with E-state index < -0.39 is 5.91 Å². The molecule has 0 atom stereocenters. The van der Waals surface area contributed by atoms with Crippen LogP contribution in [-0.2, 0) is 6.54 Å². The number of nitrogens with two attached hydrogens (primary N) is 1. The van der Waals surface area contributed by atoms with Gasteiger partial charge in [0, 0.05) is 11.4 Å². The van der Waals surface area contributed by atoms with Gasteiger partial charge in [-0.05, 0) is 48.3 Å². The average Bonchev–Trinajstić information content (AvgIpc) is 3.28. The summed E-state index contributed by atoms with van der Waals surface area (Å²) in [5, 5.41) is 21.1. The molecule has 0 aromatic carbocycles. The highest BCUT2D eigenvalue weighted by atomic mass is 32.1. The molecule has 0 fully saturated rings. The zero-order valence-electron chi connectivity index (χ0n) is 14.4. The predicted molar refractivity (Wildman–Crippen MR) is 95.1 cm³/mol. The lowest BCUT2D eigenvalue weighted by Gasteiger charge is -2.11. The highest BCUT2D eigenvalue weighted by Gasteiger charge is 2.24. The average molecular weight is 375 g/mol. The van der Waals surface area contributed by atoms with Crippen LogP contribution in [0.3, 0.4) is 0 Å². The van der Waals surface area contributed by atoms with Gasteiger partial charge in [-0.25, -0.2) is 10.1 Å². The van der Waals surface area contributed by atoms with Crippen LogP contribution in [-0.4, -0.2) is 56.4 Å². The summed E-state index contributed by atoms with van der Waals surface area (Å²) in [5.74, 6) is -0.271. The molecule has 3 heterocycles. The molecule has 26 heavy (non-hydrogen) atoms. The minimum absolute atomic E-state index is 0.0491. The van der Waals surface area contributed by atoms with Crippen LogP contribution in [0.4, 0.5) is 5.82 Å². The summed E-state index contributed by atoms with van der Waals surface area (Å²) in [7, 11) is 3.70. The van der Waals surface area contributed by atoms with Gasteiger partial charge >= 0.3 is 0 Å². The number of rotatable bonds is 6. The van der Waals surface area contributed by atoms with E-state index in [9.17, 15) is 4.79 Å². The van der Waals surface area contributed by atoms with E-state index in [4.69, 9.17) is 5.73 Å². The number of amides is 1. The van der Waals surface area contributed by atoms with E-state index >= 15 is 0 Å². The van der Waals surface area contributed by atoms with Crippen molar-refractivity contribution in [1.29, 1.82) is 0 Å². The first kappa shape index (κ1) is 17.7. The molecular weight excluding hydrogens is 358 g/mol. The lowest BCUT2D eigenvalue weighted by Crippen LogP contribution is -2.23. The summed E-state index contributed by atoms with van der Waals surface area (Å²) < 4.78 is 5.92. The number of carbonyl (C=O) groups excluding carboxylic acids is 1. The Morgan fingerprint density at radius 3 is 2.92 bits per heavy atom. The first-order valence-corrected chi connectivity index (χ1v) is 8.40. The Kier molecular flexibility index (Phi) is 5.04. The Morgan fingerprint density at radius 1 is 1.50 bits per heavy atom. The van der Waals surface area contributed by atoms with Crippen LogP contribution < -0.4 is 11.2 Å². The summed E-state index contributed by atoms with van der Waals surface area (Å²) in [6.45, 7) is 2.34. The van der Waals surface area contributed by atoms with Crippen LogP contribution in [0.15, 0.2) is 21.2 Å². The van der Waals surface area contributed by atoms with Gasteiger partial charge in [-0.2, -0.15) is 9.78 Å². The standard InChI is InChI=1S/C14H17N9O2S/c1-8-4-5-26-10(8)6-16-18-14(24)11-9(7-22(2)3)23(21-17-11)13-12(15)19-25-20-13/h4-6H,7H2,1-3H3,(H2,15,19)(H,18,24)/b16-6+. The van der Waals surface area contributed by atoms with E-state index in [0.29, 0.717) is 12.2 Å². The van der Waals surface area contributed by atoms with Gasteiger partial charge in [0.25, 0.3) is 5.91 Å². The number of anilines is 1. The number of nitrogen functional groups attached to an aromatic ring is 1. The van der Waals surface area contributed by atoms with E-state index in [-0.39, 0.29) is 17.3 Å². The molecule has 0 spiro atoms. The van der Waals surface area contributed by atoms with Crippen molar-refractivity contribution in [1.82, 2.24) is 35.6 Å². The monoisotopic (exact) mass is 375 g/mol. The topological polar surface area (TPSA) is 140 Å². The molecule has 3 rings (SSSR count). The third-order valence-electron chi connectivity index (χ3n) is 3.39. The van der Waals surface area contributed by atoms with E-state index in [2.05, 4.69) is 35.8 Å². The molecule has 0 saturated carbocycles. The van der Waals surface area contributed by atoms with Crippen molar-refractivity contribution >= 4 is 29.3 Å². The maximum absolute atomic E-state index is 12.5. The lowest BCUT2D eigenvalue weighted by molar-refractivity contribution is 0.0948. The SMILES string of the molecule is Cc1ccsc1/C=N/NC(=O)c1nnn(-c2nonc2N)c1CN(C)C. The minimum atomic E-state index is -0.492. The molecule has 3 aromatic rings. The van der Waals surface area contributed by atoms with E-state index in [1.165, 1.54) is 16.0 Å². The number of carbonyl (C=O) groups is 1. The molecule has 11 nitrogen and oxygen atoms in total. The van der Waals surface area contributed by atoms with Gasteiger partial charge in [0.15, 0.2) is 5.69 Å². The molecule has 1 amide bonds. The zero-order chi connectivity index (χ0) is 18.7. The highest BCUT2D eigenvalue weighted by molar-refractivity contribution is 7.11. The smallest absolute Gasteiger partial charge is 0.293 e. The Balaban J connectivity index is 1.85. The molecule has 0 aliphatic carbocycles. The summed E-state index contributed by atoms with van der Waals surface area (Å²) in [6.07, 6.45) is 1.59. The van der Waals surface area contributed by atoms with Crippen LogP contribution in [0.2, 0.25) is 0 Å². The maximum atomic E-state index is 12.5. The number of hydrogen-bond donors (Lipinski definition) is 2. The van der Waals surface area contributed by atoms with Crippen LogP contribution in [0.1, 0.15) is 26.6 Å². The number of hydrogen-bond acceptors (Lipinski definition) is 10. The number of nitrogens with zero attached hydrogens (tertiary/aromatic N) is 7. The van der Waals surface area contributed by atoms with Crippen molar-refractivity contribution in [3.8, 4) is 5.82 Å². The number of thiophene rings is 1. The number of aromatic nitrogens is 5. The first-order chi connectivity index (χ1) is 12.5. The Hall–Kier alpha value is -3.12. The van der Waals surface area contributed by atoms with Gasteiger partial charge < -0.3 is 10.6 Å². The Morgan fingerprint density at radius 2 is 2.31 bits per heavy atom. The maximum Gasteiger partial charge on any atom is 0.293 e. The van der Waals surface area contributed by atoms with E-state index in [1.807, 2.05) is 37.4 Å². The number of nitrogens with one attached hydrogen (secondary N) is 1. The molecule has 3 N–H and O–H groups in total. The summed E-state index contributed by atoms with van der Waals surface area (Å²) in [6, 6.07) is 1.98. The predicted octanol–water partition coefficient (Wildman–Crippen LogP) is 0.428. The quantitative estimate of drug-likeness (QED) is 0.467. The Labute approximate surface area is 152 Å². The second-order valence-electron chi connectivity index (χ2n) is 5.67. The fourth-order valence-electron chi connectivity index (χ4n) is 2.15. The largest absolute Gasteiger partial charge is 0.378 e. The van der Waals surface area contributed by atoms with Gasteiger partial charge in [0.05, 0.1) is 11.9 Å². The molecule has 0 aliphatic rings. The molecule has 12 heteroatoms. The third-order valence-corrected chi connectivity index (χ3v) is 4.34. The fourth-order valence-corrected chi connectivity index (χ4v) is 2.93. The van der Waals surface area contributed by atoms with Gasteiger partial charge in [0.2, 0.25) is 11.6 Å². The molecule has 0 radical (unpaired) electrons. The first-order valence-electron chi connectivity index (χ1n) is 7.52. The van der Waals surface area contributed by atoms with Gasteiger partial charge in [-0.3, -0.25) is 4.79 Å². The molecule has 136 valence electrons. The number of aryl methyl sites for hydroxylation is 1. The molecule has 0 aliphatic heterocycles. The van der Waals surface area contributed by atoms with Crippen molar-refractivity contribution in [3.05, 3.63) is 33.3 Å². The van der Waals surface area contributed by atoms with Crippen molar-refractivity contribution in [2.24, 2.45) is 5.10 Å². The van der Waals surface area contributed by atoms with E-state index in [1.54, 1.807) is 6.21 Å². The Bertz CT molecular complexity index is 940. The summed E-state index contributed by atoms with van der Waals surface area (Å²) >= 11 is 1.53. The summed E-state index contributed by atoms with van der Waals surface area (Å²) in [5.41, 5.74) is 9.86. The number of hydrazone groups is 1. The van der Waals surface area contributed by atoms with Crippen molar-refractivity contribution < 1.29 is 9.42 Å². The van der Waals surface area contributed by atoms with Crippen LogP contribution in [0, 0.1) is 6.92 Å². The molecule has 0 saturated heterocycles. The summed E-state index contributed by atoms with van der Waals surface area (Å²) in [4.78, 5) is 15.3. The second-order valence-corrected chi connectivity index (χ2v) is 6.62. The van der Waals surface area contributed by atoms with Crippen LogP contribution in [0.5, 0.6) is 0 Å². The fraction of sp³-hybridized carbons (Fsp3) is 0.286. The van der Waals surface area contributed by atoms with E-state index in [0.717, 1.165) is 10.4 Å². The second kappa shape index (κ2) is 7.41. The minimum Gasteiger partial charge on any atom is -0.378 e. The molecule has 0 bridgehead atoms. The van der Waals surface area contributed by atoms with Crippen LogP contribution >= 0.6 is 11.3 Å². The zero-order valence-corrected chi connectivity index (χ0v) is 15.2.